The second kappa shape index (κ2) is 17.6. The topological polar surface area (TPSA) is 43.9 Å². The maximum atomic E-state index is 9.04. The Balaban J connectivity index is 0.000000173. The van der Waals surface area contributed by atoms with Crippen LogP contribution in [0.5, 0.6) is 0 Å². The minimum Gasteiger partial charge on any atom is -0.501 e. The molecule has 0 aliphatic carbocycles. The smallest absolute Gasteiger partial charge is 0.120 e. The van der Waals surface area contributed by atoms with Gasteiger partial charge >= 0.3 is 0 Å². The molecule has 3 aromatic heterocycles. The van der Waals surface area contributed by atoms with Gasteiger partial charge in [0.1, 0.15) is 5.58 Å². The SMILES string of the molecule is [2H]C([2H])(c1cc(-c2[c-]cccc2)ncc1[Si](C)(C)C)C(C)c1ccccc1.[Ir].[c-]1ccc2c(oc3ccccc32)c1-c1nc2ccccc2n1-c1ccccc1-c1ccccc1. The third-order valence-corrected chi connectivity index (χ3v) is 12.7. The molecule has 10 aromatic rings. The van der Waals surface area contributed by atoms with E-state index in [1.165, 1.54) is 0 Å². The maximum Gasteiger partial charge on any atom is 0.120 e. The fraction of sp³-hybridized carbons (Fsp3) is 0.111. The van der Waals surface area contributed by atoms with Crippen LogP contribution in [-0.2, 0) is 26.5 Å². The molecular formula is C54H45IrN3OSi-2. The molecule has 0 fully saturated rings. The van der Waals surface area contributed by atoms with E-state index in [-0.39, 0.29) is 26.0 Å². The van der Waals surface area contributed by atoms with E-state index >= 15 is 0 Å². The third kappa shape index (κ3) is 8.19. The predicted octanol–water partition coefficient (Wildman–Crippen LogP) is 13.5. The molecule has 0 aliphatic heterocycles. The second-order valence-electron chi connectivity index (χ2n) is 15.8. The number of rotatable bonds is 8. The van der Waals surface area contributed by atoms with Gasteiger partial charge in [-0.25, -0.2) is 0 Å². The molecular weight excluding hydrogens is 927 g/mol. The van der Waals surface area contributed by atoms with Crippen LogP contribution >= 0.6 is 0 Å². The average Bonchev–Trinajstić information content (AvgIpc) is 3.88. The van der Waals surface area contributed by atoms with Crippen LogP contribution in [0.1, 0.15) is 26.7 Å². The molecule has 0 saturated carbocycles. The summed E-state index contributed by atoms with van der Waals surface area (Å²) in [6.45, 7) is 8.69. The quantitative estimate of drug-likeness (QED) is 0.113. The number of benzene rings is 7. The van der Waals surface area contributed by atoms with Crippen molar-refractivity contribution in [3.05, 3.63) is 205 Å². The molecule has 0 saturated heterocycles. The number of imidazole rings is 1. The first-order chi connectivity index (χ1) is 29.6. The van der Waals surface area contributed by atoms with Crippen molar-refractivity contribution < 1.29 is 27.3 Å². The maximum absolute atomic E-state index is 9.04. The van der Waals surface area contributed by atoms with Crippen LogP contribution in [0.15, 0.2) is 187 Å². The predicted molar refractivity (Wildman–Crippen MR) is 248 cm³/mol. The van der Waals surface area contributed by atoms with Gasteiger partial charge in [0, 0.05) is 45.7 Å². The van der Waals surface area contributed by atoms with Crippen LogP contribution in [0.2, 0.25) is 19.6 Å². The standard InChI is InChI=1S/C31H19N2O.C23H26NSi.Ir/c1-2-11-21(12-3-1)22-13-4-7-18-27(22)33-28-19-8-6-17-26(28)32-31(33)25-16-10-15-24-23-14-5-9-20-29(23)34-30(24)25;1-18(19-11-7-5-8-12-19)15-21-16-22(20-13-9-6-10-14-20)24-17-23(21)25(2,3)4;/h1-15,17-20H;5-13,16-18H,15H2,1-4H3;/q2*-1;/i;15D2;. The fourth-order valence-corrected chi connectivity index (χ4v) is 9.16. The Bertz CT molecular complexity index is 3120. The van der Waals surface area contributed by atoms with Crippen LogP contribution in [0.3, 0.4) is 0 Å². The minimum atomic E-state index is -1.77. The van der Waals surface area contributed by atoms with Crippen molar-refractivity contribution in [2.45, 2.75) is 38.9 Å². The first kappa shape index (κ1) is 38.1. The summed E-state index contributed by atoms with van der Waals surface area (Å²) < 4.78 is 26.7. The molecule has 7 aromatic carbocycles. The van der Waals surface area contributed by atoms with Crippen molar-refractivity contribution >= 4 is 46.2 Å². The van der Waals surface area contributed by atoms with Crippen LogP contribution in [0.25, 0.3) is 72.4 Å². The van der Waals surface area contributed by atoms with Crippen molar-refractivity contribution in [2.24, 2.45) is 0 Å². The third-order valence-electron chi connectivity index (χ3n) is 10.7. The van der Waals surface area contributed by atoms with E-state index in [9.17, 15) is 0 Å². The number of hydrogen-bond donors (Lipinski definition) is 0. The molecule has 1 atom stereocenters. The summed E-state index contributed by atoms with van der Waals surface area (Å²) in [6.07, 6.45) is 0.400. The van der Waals surface area contributed by atoms with Crippen molar-refractivity contribution in [1.29, 1.82) is 0 Å². The van der Waals surface area contributed by atoms with E-state index in [1.807, 2.05) is 110 Å². The van der Waals surface area contributed by atoms with E-state index in [4.69, 9.17) is 12.1 Å². The molecule has 4 nitrogen and oxygen atoms in total. The molecule has 1 radical (unpaired) electrons. The Morgan fingerprint density at radius 3 is 2.20 bits per heavy atom. The van der Waals surface area contributed by atoms with Crippen molar-refractivity contribution in [1.82, 2.24) is 14.5 Å². The van der Waals surface area contributed by atoms with Gasteiger partial charge in [-0.15, -0.1) is 54.1 Å². The summed E-state index contributed by atoms with van der Waals surface area (Å²) in [6, 6.07) is 65.6. The zero-order valence-electron chi connectivity index (χ0n) is 36.0. The van der Waals surface area contributed by atoms with E-state index in [1.54, 1.807) is 0 Å². The Hall–Kier alpha value is -6.17. The number of para-hydroxylation sites is 4. The molecule has 0 aliphatic rings. The summed E-state index contributed by atoms with van der Waals surface area (Å²) in [4.78, 5) is 9.74. The van der Waals surface area contributed by atoms with Crippen LogP contribution in [0.4, 0.5) is 0 Å². The zero-order valence-corrected chi connectivity index (χ0v) is 37.4. The van der Waals surface area contributed by atoms with E-state index in [2.05, 4.69) is 120 Å². The van der Waals surface area contributed by atoms with Crippen LogP contribution in [0, 0.1) is 12.1 Å². The number of pyridine rings is 1. The first-order valence-corrected chi connectivity index (χ1v) is 23.6. The molecule has 0 bridgehead atoms. The summed E-state index contributed by atoms with van der Waals surface area (Å²) in [5, 5.41) is 3.24. The Morgan fingerprint density at radius 2 is 1.42 bits per heavy atom. The van der Waals surface area contributed by atoms with Gasteiger partial charge in [0.15, 0.2) is 0 Å². The Morgan fingerprint density at radius 1 is 0.717 bits per heavy atom. The summed E-state index contributed by atoms with van der Waals surface area (Å²) in [5.74, 6) is 0.554. The summed E-state index contributed by atoms with van der Waals surface area (Å²) in [5.41, 5.74) is 11.3. The first-order valence-electron chi connectivity index (χ1n) is 21.1. The van der Waals surface area contributed by atoms with E-state index in [0.717, 1.165) is 88.7 Å². The molecule has 0 spiro atoms. The summed E-state index contributed by atoms with van der Waals surface area (Å²) >= 11 is 0. The van der Waals surface area contributed by atoms with Crippen molar-refractivity contribution in [3.8, 4) is 39.5 Å². The van der Waals surface area contributed by atoms with Gasteiger partial charge in [-0.3, -0.25) is 4.98 Å². The molecule has 297 valence electrons. The summed E-state index contributed by atoms with van der Waals surface area (Å²) in [7, 11) is -1.77. The molecule has 60 heavy (non-hydrogen) atoms. The van der Waals surface area contributed by atoms with Gasteiger partial charge in [-0.2, -0.15) is 0 Å². The largest absolute Gasteiger partial charge is 0.501 e. The number of fused-ring (bicyclic) bond motifs is 4. The molecule has 10 rings (SSSR count). The van der Waals surface area contributed by atoms with Gasteiger partial charge in [0.05, 0.1) is 30.5 Å². The average molecular weight is 974 g/mol. The fourth-order valence-electron chi connectivity index (χ4n) is 7.76. The molecule has 0 amide bonds. The van der Waals surface area contributed by atoms with Gasteiger partial charge < -0.3 is 14.0 Å². The van der Waals surface area contributed by atoms with Gasteiger partial charge in [0.25, 0.3) is 0 Å². The van der Waals surface area contributed by atoms with E-state index in [0.29, 0.717) is 0 Å². The van der Waals surface area contributed by atoms with Crippen LogP contribution in [-0.4, -0.2) is 22.6 Å². The van der Waals surface area contributed by atoms with Gasteiger partial charge in [-0.1, -0.05) is 158 Å². The van der Waals surface area contributed by atoms with Gasteiger partial charge in [0.2, 0.25) is 0 Å². The van der Waals surface area contributed by atoms with Crippen molar-refractivity contribution in [2.75, 3.05) is 0 Å². The molecule has 3 heterocycles. The second-order valence-corrected chi connectivity index (χ2v) is 20.8. The Labute approximate surface area is 369 Å². The molecule has 0 N–H and O–H groups in total. The minimum absolute atomic E-state index is 0. The zero-order chi connectivity index (χ0) is 42.1. The Kier molecular flexibility index (Phi) is 11.2. The normalized spacial score (nSPS) is 12.6. The number of hydrogen-bond acceptors (Lipinski definition) is 3. The van der Waals surface area contributed by atoms with Crippen molar-refractivity contribution in [3.63, 3.8) is 0 Å². The monoisotopic (exact) mass is 974 g/mol. The molecule has 1 unspecified atom stereocenters. The van der Waals surface area contributed by atoms with Gasteiger partial charge in [-0.05, 0) is 58.6 Å². The molecule has 6 heteroatoms. The number of nitrogens with zero attached hydrogens (tertiary/aromatic N) is 3. The number of furan rings is 1. The van der Waals surface area contributed by atoms with E-state index < -0.39 is 14.4 Å². The number of aromatic nitrogens is 3. The van der Waals surface area contributed by atoms with Crippen LogP contribution < -0.4 is 5.19 Å².